The summed E-state index contributed by atoms with van der Waals surface area (Å²) in [6, 6.07) is 1.88. The van der Waals surface area contributed by atoms with Crippen LogP contribution in [0, 0.1) is 3.57 Å². The maximum Gasteiger partial charge on any atom is 0.264 e. The Hall–Kier alpha value is 0.0800. The van der Waals surface area contributed by atoms with E-state index in [1.165, 1.54) is 11.3 Å². The summed E-state index contributed by atoms with van der Waals surface area (Å²) in [4.78, 5) is 20.2. The van der Waals surface area contributed by atoms with Gasteiger partial charge in [-0.1, -0.05) is 11.6 Å². The van der Waals surface area contributed by atoms with Crippen molar-refractivity contribution in [3.05, 3.63) is 34.5 Å². The van der Waals surface area contributed by atoms with Crippen LogP contribution in [0.3, 0.4) is 0 Å². The number of rotatable bonds is 2. The van der Waals surface area contributed by atoms with E-state index < -0.39 is 0 Å². The standard InChI is InChI=1S/C11H7BrClIN2OS/c12-5-3-6(18-9(5)13)10-15-8(4-1-2-4)7(14)11(17)16-10/h3-4H,1-2H2,(H,15,16,17). The lowest BCUT2D eigenvalue weighted by Crippen LogP contribution is -2.15. The molecule has 1 saturated carbocycles. The Morgan fingerprint density at radius 3 is 2.83 bits per heavy atom. The van der Waals surface area contributed by atoms with Crippen LogP contribution in [0.15, 0.2) is 15.3 Å². The summed E-state index contributed by atoms with van der Waals surface area (Å²) in [5.41, 5.74) is 0.859. The molecule has 2 aromatic heterocycles. The second kappa shape index (κ2) is 4.88. The number of aromatic amines is 1. The molecule has 94 valence electrons. The number of nitrogens with zero attached hydrogens (tertiary/aromatic N) is 1. The average Bonchev–Trinajstić information content (AvgIpc) is 3.10. The Morgan fingerprint density at radius 2 is 2.28 bits per heavy atom. The van der Waals surface area contributed by atoms with Crippen LogP contribution < -0.4 is 5.56 Å². The van der Waals surface area contributed by atoms with E-state index in [4.69, 9.17) is 11.6 Å². The van der Waals surface area contributed by atoms with Gasteiger partial charge in [-0.15, -0.1) is 11.3 Å². The van der Waals surface area contributed by atoms with E-state index >= 15 is 0 Å². The van der Waals surface area contributed by atoms with Crippen molar-refractivity contribution in [1.82, 2.24) is 9.97 Å². The molecule has 7 heteroatoms. The van der Waals surface area contributed by atoms with Gasteiger partial charge in [0.05, 0.1) is 10.6 Å². The normalized spacial score (nSPS) is 15.1. The largest absolute Gasteiger partial charge is 0.305 e. The van der Waals surface area contributed by atoms with Crippen LogP contribution in [0.5, 0.6) is 0 Å². The van der Waals surface area contributed by atoms with Crippen LogP contribution in [-0.2, 0) is 0 Å². The van der Waals surface area contributed by atoms with E-state index in [-0.39, 0.29) is 5.56 Å². The predicted octanol–water partition coefficient (Wildman–Crippen LogP) is 4.40. The maximum atomic E-state index is 11.9. The van der Waals surface area contributed by atoms with Gasteiger partial charge in [-0.25, -0.2) is 4.98 Å². The molecule has 0 amide bonds. The molecule has 0 atom stereocenters. The molecule has 0 bridgehead atoms. The van der Waals surface area contributed by atoms with Gasteiger partial charge >= 0.3 is 0 Å². The first-order valence-electron chi connectivity index (χ1n) is 5.31. The molecule has 0 saturated heterocycles. The molecule has 0 unspecified atom stereocenters. The summed E-state index contributed by atoms with van der Waals surface area (Å²) in [6.07, 6.45) is 2.25. The summed E-state index contributed by atoms with van der Waals surface area (Å²) in [5.74, 6) is 1.07. The number of halogens is 3. The smallest absolute Gasteiger partial charge is 0.264 e. The van der Waals surface area contributed by atoms with Crippen molar-refractivity contribution < 1.29 is 0 Å². The van der Waals surface area contributed by atoms with E-state index in [2.05, 4.69) is 48.5 Å². The van der Waals surface area contributed by atoms with Crippen molar-refractivity contribution in [3.8, 4) is 10.7 Å². The van der Waals surface area contributed by atoms with Crippen molar-refractivity contribution in [2.75, 3.05) is 0 Å². The average molecular weight is 458 g/mol. The minimum Gasteiger partial charge on any atom is -0.305 e. The summed E-state index contributed by atoms with van der Waals surface area (Å²) in [7, 11) is 0. The highest BCUT2D eigenvalue weighted by Crippen LogP contribution is 2.41. The third-order valence-corrected chi connectivity index (χ3v) is 6.25. The second-order valence-corrected chi connectivity index (χ2v) is 7.71. The summed E-state index contributed by atoms with van der Waals surface area (Å²) < 4.78 is 2.21. The molecule has 0 radical (unpaired) electrons. The van der Waals surface area contributed by atoms with Gasteiger partial charge in [-0.05, 0) is 57.4 Å². The molecule has 0 aliphatic heterocycles. The molecular formula is C11H7BrClIN2OS. The zero-order valence-corrected chi connectivity index (χ0v) is 14.3. The van der Waals surface area contributed by atoms with Gasteiger partial charge < -0.3 is 4.98 Å². The molecule has 2 aromatic rings. The third-order valence-electron chi connectivity index (χ3n) is 2.73. The monoisotopic (exact) mass is 456 g/mol. The Kier molecular flexibility index (Phi) is 3.55. The molecule has 2 heterocycles. The lowest BCUT2D eigenvalue weighted by Gasteiger charge is -2.03. The Bertz CT molecular complexity index is 661. The minimum atomic E-state index is -0.0665. The zero-order chi connectivity index (χ0) is 12.9. The highest BCUT2D eigenvalue weighted by molar-refractivity contribution is 14.1. The van der Waals surface area contributed by atoms with Gasteiger partial charge in [-0.3, -0.25) is 4.79 Å². The van der Waals surface area contributed by atoms with E-state index in [0.717, 1.165) is 27.9 Å². The molecule has 0 aromatic carbocycles. The molecule has 1 N–H and O–H groups in total. The van der Waals surface area contributed by atoms with Gasteiger partial charge in [0, 0.05) is 10.4 Å². The molecule has 1 fully saturated rings. The number of hydrogen-bond acceptors (Lipinski definition) is 3. The number of hydrogen-bond donors (Lipinski definition) is 1. The van der Waals surface area contributed by atoms with Crippen LogP contribution in [-0.4, -0.2) is 9.97 Å². The first kappa shape index (κ1) is 13.1. The third kappa shape index (κ3) is 2.39. The number of H-pyrrole nitrogens is 1. The molecule has 3 nitrogen and oxygen atoms in total. The van der Waals surface area contributed by atoms with Gasteiger partial charge in [0.15, 0.2) is 5.82 Å². The van der Waals surface area contributed by atoms with Gasteiger partial charge in [-0.2, -0.15) is 0 Å². The number of aromatic nitrogens is 2. The number of nitrogens with one attached hydrogen (secondary N) is 1. The topological polar surface area (TPSA) is 45.8 Å². The maximum absolute atomic E-state index is 11.9. The van der Waals surface area contributed by atoms with E-state index in [1.54, 1.807) is 0 Å². The van der Waals surface area contributed by atoms with Crippen LogP contribution >= 0.6 is 61.5 Å². The molecule has 18 heavy (non-hydrogen) atoms. The SMILES string of the molecule is O=c1[nH]c(-c2cc(Br)c(Cl)s2)nc(C2CC2)c1I. The molecule has 1 aliphatic carbocycles. The molecule has 1 aliphatic rings. The van der Waals surface area contributed by atoms with Crippen molar-refractivity contribution in [3.63, 3.8) is 0 Å². The van der Waals surface area contributed by atoms with Crippen molar-refractivity contribution >= 4 is 61.5 Å². The predicted molar refractivity (Wildman–Crippen MR) is 85.6 cm³/mol. The second-order valence-electron chi connectivity index (χ2n) is 4.12. The highest BCUT2D eigenvalue weighted by Gasteiger charge is 2.29. The Balaban J connectivity index is 2.15. The first-order chi connectivity index (χ1) is 8.56. The zero-order valence-electron chi connectivity index (χ0n) is 8.97. The van der Waals surface area contributed by atoms with Crippen LogP contribution in [0.4, 0.5) is 0 Å². The first-order valence-corrected chi connectivity index (χ1v) is 8.38. The van der Waals surface area contributed by atoms with Gasteiger partial charge in [0.25, 0.3) is 5.56 Å². The van der Waals surface area contributed by atoms with Crippen LogP contribution in [0.25, 0.3) is 10.7 Å². The Morgan fingerprint density at radius 1 is 1.56 bits per heavy atom. The van der Waals surface area contributed by atoms with Crippen molar-refractivity contribution in [2.24, 2.45) is 0 Å². The fourth-order valence-electron chi connectivity index (χ4n) is 1.68. The minimum absolute atomic E-state index is 0.0665. The fourth-order valence-corrected chi connectivity index (χ4v) is 4.03. The van der Waals surface area contributed by atoms with Crippen molar-refractivity contribution in [2.45, 2.75) is 18.8 Å². The summed E-state index contributed by atoms with van der Waals surface area (Å²) in [6.45, 7) is 0. The quantitative estimate of drug-likeness (QED) is 0.680. The van der Waals surface area contributed by atoms with E-state index in [1.807, 2.05) is 6.07 Å². The number of thiophene rings is 1. The fraction of sp³-hybridized carbons (Fsp3) is 0.273. The Labute approximate surface area is 134 Å². The van der Waals surface area contributed by atoms with Crippen LogP contribution in [0.2, 0.25) is 4.34 Å². The van der Waals surface area contributed by atoms with Gasteiger partial charge in [0.2, 0.25) is 0 Å². The molecule has 3 rings (SSSR count). The summed E-state index contributed by atoms with van der Waals surface area (Å²) in [5, 5.41) is 0. The lowest BCUT2D eigenvalue weighted by atomic mass is 10.3. The van der Waals surface area contributed by atoms with Crippen LogP contribution in [0.1, 0.15) is 24.5 Å². The lowest BCUT2D eigenvalue weighted by molar-refractivity contribution is 0.960. The summed E-state index contributed by atoms with van der Waals surface area (Å²) >= 11 is 12.9. The molecular weight excluding hydrogens is 450 g/mol. The molecule has 0 spiro atoms. The van der Waals surface area contributed by atoms with E-state index in [9.17, 15) is 4.79 Å². The van der Waals surface area contributed by atoms with Crippen molar-refractivity contribution in [1.29, 1.82) is 0 Å². The van der Waals surface area contributed by atoms with Gasteiger partial charge in [0.1, 0.15) is 7.91 Å². The highest BCUT2D eigenvalue weighted by atomic mass is 127. The van der Waals surface area contributed by atoms with E-state index in [0.29, 0.717) is 19.6 Å².